The summed E-state index contributed by atoms with van der Waals surface area (Å²) in [6, 6.07) is 5.23. The molecule has 0 spiro atoms. The Balaban J connectivity index is 0.00000392. The molecule has 0 aliphatic carbocycles. The standard InChI is InChI=1S/C19H33N7S.HI/c1-14(2)26(15(3)4)10-9-20-19(21-12-17-8-7-11-27-17)22-13-18-24-23-16(5)25(18)6;/h7-8,11,14-15H,9-10,12-13H2,1-6H3,(H2,20,21,22);1H. The third-order valence-electron chi connectivity index (χ3n) is 4.56. The van der Waals surface area contributed by atoms with Crippen molar-refractivity contribution in [2.24, 2.45) is 12.0 Å². The molecule has 0 aliphatic heterocycles. The van der Waals surface area contributed by atoms with Crippen molar-refractivity contribution in [1.82, 2.24) is 30.3 Å². The molecule has 0 saturated heterocycles. The van der Waals surface area contributed by atoms with E-state index in [1.165, 1.54) is 4.88 Å². The van der Waals surface area contributed by atoms with Gasteiger partial charge in [-0.1, -0.05) is 6.07 Å². The van der Waals surface area contributed by atoms with Gasteiger partial charge in [0.25, 0.3) is 0 Å². The summed E-state index contributed by atoms with van der Waals surface area (Å²) in [7, 11) is 1.97. The van der Waals surface area contributed by atoms with Crippen LogP contribution in [0.3, 0.4) is 0 Å². The Morgan fingerprint density at radius 2 is 1.93 bits per heavy atom. The van der Waals surface area contributed by atoms with E-state index in [0.29, 0.717) is 18.6 Å². The Kier molecular flexibility index (Phi) is 11.0. The van der Waals surface area contributed by atoms with Crippen molar-refractivity contribution >= 4 is 41.3 Å². The SMILES string of the molecule is Cc1nnc(CN=C(NCCN(C(C)C)C(C)C)NCc2cccs2)n1C.I. The Morgan fingerprint density at radius 1 is 1.21 bits per heavy atom. The highest BCUT2D eigenvalue weighted by atomic mass is 127. The largest absolute Gasteiger partial charge is 0.355 e. The van der Waals surface area contributed by atoms with Crippen molar-refractivity contribution in [2.75, 3.05) is 13.1 Å². The van der Waals surface area contributed by atoms with Crippen LogP contribution >= 0.6 is 35.3 Å². The first-order valence-corrected chi connectivity index (χ1v) is 10.4. The average molecular weight is 520 g/mol. The third-order valence-corrected chi connectivity index (χ3v) is 5.44. The normalized spacial score (nSPS) is 12.0. The van der Waals surface area contributed by atoms with Crippen molar-refractivity contribution in [3.05, 3.63) is 34.0 Å². The quantitative estimate of drug-likeness (QED) is 0.303. The van der Waals surface area contributed by atoms with Gasteiger partial charge in [-0.3, -0.25) is 4.90 Å². The monoisotopic (exact) mass is 519 g/mol. The van der Waals surface area contributed by atoms with E-state index >= 15 is 0 Å². The molecular formula is C19H34IN7S. The first-order chi connectivity index (χ1) is 12.9. The zero-order chi connectivity index (χ0) is 19.8. The minimum atomic E-state index is 0. The van der Waals surface area contributed by atoms with Crippen LogP contribution in [0.15, 0.2) is 22.5 Å². The molecule has 0 aliphatic rings. The van der Waals surface area contributed by atoms with Gasteiger partial charge in [-0.05, 0) is 46.1 Å². The molecule has 0 atom stereocenters. The number of halogens is 1. The van der Waals surface area contributed by atoms with Crippen LogP contribution in [-0.2, 0) is 20.1 Å². The van der Waals surface area contributed by atoms with Crippen LogP contribution < -0.4 is 10.6 Å². The van der Waals surface area contributed by atoms with Gasteiger partial charge >= 0.3 is 0 Å². The van der Waals surface area contributed by atoms with Crippen molar-refractivity contribution in [3.63, 3.8) is 0 Å². The zero-order valence-electron chi connectivity index (χ0n) is 17.8. The highest BCUT2D eigenvalue weighted by Gasteiger charge is 2.13. The maximum absolute atomic E-state index is 4.71. The van der Waals surface area contributed by atoms with Crippen molar-refractivity contribution in [3.8, 4) is 0 Å². The number of hydrogen-bond donors (Lipinski definition) is 2. The zero-order valence-corrected chi connectivity index (χ0v) is 20.9. The lowest BCUT2D eigenvalue weighted by Crippen LogP contribution is -2.45. The first kappa shape index (κ1) is 24.8. The van der Waals surface area contributed by atoms with Gasteiger partial charge in [0, 0.05) is 37.1 Å². The molecule has 7 nitrogen and oxygen atoms in total. The highest BCUT2D eigenvalue weighted by molar-refractivity contribution is 14.0. The number of hydrogen-bond acceptors (Lipinski definition) is 5. The van der Waals surface area contributed by atoms with Crippen LogP contribution in [0.2, 0.25) is 0 Å². The molecule has 2 N–H and O–H groups in total. The van der Waals surface area contributed by atoms with Gasteiger partial charge in [0.05, 0.1) is 6.54 Å². The molecule has 0 fully saturated rings. The molecule has 0 bridgehead atoms. The van der Waals surface area contributed by atoms with Crippen molar-refractivity contribution in [1.29, 1.82) is 0 Å². The van der Waals surface area contributed by atoms with Gasteiger partial charge in [-0.2, -0.15) is 0 Å². The fourth-order valence-electron chi connectivity index (χ4n) is 2.91. The van der Waals surface area contributed by atoms with Crippen LogP contribution in [0.5, 0.6) is 0 Å². The number of guanidine groups is 1. The molecule has 28 heavy (non-hydrogen) atoms. The molecule has 158 valence electrons. The fourth-order valence-corrected chi connectivity index (χ4v) is 3.56. The van der Waals surface area contributed by atoms with E-state index in [1.807, 2.05) is 18.5 Å². The second-order valence-electron chi connectivity index (χ2n) is 7.17. The smallest absolute Gasteiger partial charge is 0.192 e. The molecule has 9 heteroatoms. The molecule has 2 aromatic heterocycles. The Hall–Kier alpha value is -1.20. The summed E-state index contributed by atoms with van der Waals surface area (Å²) in [6.45, 7) is 14.0. The Labute approximate surface area is 190 Å². The molecular weight excluding hydrogens is 485 g/mol. The lowest BCUT2D eigenvalue weighted by atomic mass is 10.2. The Morgan fingerprint density at radius 3 is 2.46 bits per heavy atom. The van der Waals surface area contributed by atoms with E-state index in [-0.39, 0.29) is 24.0 Å². The van der Waals surface area contributed by atoms with Gasteiger partial charge < -0.3 is 15.2 Å². The van der Waals surface area contributed by atoms with Gasteiger partial charge in [0.2, 0.25) is 0 Å². The summed E-state index contributed by atoms with van der Waals surface area (Å²) in [6.07, 6.45) is 0. The minimum absolute atomic E-state index is 0. The maximum atomic E-state index is 4.71. The van der Waals surface area contributed by atoms with E-state index in [2.05, 4.69) is 70.9 Å². The van der Waals surface area contributed by atoms with Crippen LogP contribution in [-0.4, -0.2) is 50.8 Å². The van der Waals surface area contributed by atoms with Crippen LogP contribution in [0.25, 0.3) is 0 Å². The molecule has 0 radical (unpaired) electrons. The lowest BCUT2D eigenvalue weighted by Gasteiger charge is -2.30. The number of thiophene rings is 1. The van der Waals surface area contributed by atoms with Crippen LogP contribution in [0, 0.1) is 6.92 Å². The second-order valence-corrected chi connectivity index (χ2v) is 8.20. The third kappa shape index (κ3) is 7.67. The number of nitrogens with one attached hydrogen (secondary N) is 2. The van der Waals surface area contributed by atoms with Gasteiger partial charge in [-0.25, -0.2) is 4.99 Å². The molecule has 2 heterocycles. The summed E-state index contributed by atoms with van der Waals surface area (Å²) < 4.78 is 1.97. The number of rotatable bonds is 9. The molecule has 0 aromatic carbocycles. The average Bonchev–Trinajstić information content (AvgIpc) is 3.24. The number of aryl methyl sites for hydroxylation is 1. The van der Waals surface area contributed by atoms with E-state index in [4.69, 9.17) is 4.99 Å². The summed E-state index contributed by atoms with van der Waals surface area (Å²) in [4.78, 5) is 8.46. The minimum Gasteiger partial charge on any atom is -0.355 e. The van der Waals surface area contributed by atoms with Gasteiger partial charge in [0.15, 0.2) is 11.8 Å². The van der Waals surface area contributed by atoms with E-state index in [1.54, 1.807) is 11.3 Å². The van der Waals surface area contributed by atoms with E-state index in [9.17, 15) is 0 Å². The second kappa shape index (κ2) is 12.4. The summed E-state index contributed by atoms with van der Waals surface area (Å²) in [5, 5.41) is 17.3. The molecule has 0 unspecified atom stereocenters. The summed E-state index contributed by atoms with van der Waals surface area (Å²) in [5.41, 5.74) is 0. The summed E-state index contributed by atoms with van der Waals surface area (Å²) in [5.74, 6) is 2.55. The molecule has 0 amide bonds. The lowest BCUT2D eigenvalue weighted by molar-refractivity contribution is 0.178. The molecule has 2 rings (SSSR count). The Bertz CT molecular complexity index is 702. The van der Waals surface area contributed by atoms with Gasteiger partial charge in [0.1, 0.15) is 12.4 Å². The highest BCUT2D eigenvalue weighted by Crippen LogP contribution is 2.07. The number of aliphatic imine (C=N–C) groups is 1. The van der Waals surface area contributed by atoms with Crippen molar-refractivity contribution in [2.45, 2.75) is 59.8 Å². The maximum Gasteiger partial charge on any atom is 0.192 e. The van der Waals surface area contributed by atoms with Crippen molar-refractivity contribution < 1.29 is 0 Å². The predicted molar refractivity (Wildman–Crippen MR) is 128 cm³/mol. The molecule has 2 aromatic rings. The molecule has 0 saturated carbocycles. The van der Waals surface area contributed by atoms with Crippen LogP contribution in [0.1, 0.15) is 44.2 Å². The predicted octanol–water partition coefficient (Wildman–Crippen LogP) is 3.16. The topological polar surface area (TPSA) is 70.4 Å². The fraction of sp³-hybridized carbons (Fsp3) is 0.632. The van der Waals surface area contributed by atoms with E-state index < -0.39 is 0 Å². The van der Waals surface area contributed by atoms with Crippen LogP contribution in [0.4, 0.5) is 0 Å². The van der Waals surface area contributed by atoms with E-state index in [0.717, 1.165) is 37.2 Å². The number of aromatic nitrogens is 3. The van der Waals surface area contributed by atoms with Gasteiger partial charge in [-0.15, -0.1) is 45.5 Å². The number of nitrogens with zero attached hydrogens (tertiary/aromatic N) is 5. The first-order valence-electron chi connectivity index (χ1n) is 9.53. The summed E-state index contributed by atoms with van der Waals surface area (Å²) >= 11 is 1.74.